The van der Waals surface area contributed by atoms with E-state index in [0.717, 1.165) is 13.1 Å². The summed E-state index contributed by atoms with van der Waals surface area (Å²) < 4.78 is 0. The molecule has 0 radical (unpaired) electrons. The Balaban J connectivity index is 1.85. The molecule has 0 atom stereocenters. The van der Waals surface area contributed by atoms with Gasteiger partial charge in [-0.25, -0.2) is 0 Å². The van der Waals surface area contributed by atoms with Crippen molar-refractivity contribution in [1.29, 1.82) is 0 Å². The van der Waals surface area contributed by atoms with Crippen molar-refractivity contribution in [3.05, 3.63) is 0 Å². The number of carbonyl (C=O) groups is 2. The molecule has 2 fully saturated rings. The van der Waals surface area contributed by atoms with Crippen molar-refractivity contribution in [2.75, 3.05) is 26.2 Å². The summed E-state index contributed by atoms with van der Waals surface area (Å²) in [4.78, 5) is 26.4. The molecule has 2 rings (SSSR count). The first kappa shape index (κ1) is 9.65. The molecule has 0 N–H and O–H groups in total. The molecule has 1 amide bonds. The number of hydrogen-bond acceptors (Lipinski definition) is 3. The van der Waals surface area contributed by atoms with E-state index in [1.807, 2.05) is 9.80 Å². The van der Waals surface area contributed by atoms with E-state index < -0.39 is 0 Å². The summed E-state index contributed by atoms with van der Waals surface area (Å²) >= 11 is 0. The van der Waals surface area contributed by atoms with Crippen molar-refractivity contribution in [2.45, 2.75) is 25.8 Å². The first-order valence-corrected chi connectivity index (χ1v) is 5.18. The van der Waals surface area contributed by atoms with Crippen LogP contribution in [0.4, 0.5) is 0 Å². The summed E-state index contributed by atoms with van der Waals surface area (Å²) in [5, 5.41) is 0. The standard InChI is InChI=1S/C10H16N2O2/c1-8(13)6-11-4-5-12(9-2-3-9)10(14)7-11/h9H,2-7H2,1H3. The fourth-order valence-corrected chi connectivity index (χ4v) is 1.96. The fourth-order valence-electron chi connectivity index (χ4n) is 1.96. The first-order valence-electron chi connectivity index (χ1n) is 5.18. The molecule has 0 unspecified atom stereocenters. The molecule has 14 heavy (non-hydrogen) atoms. The Morgan fingerprint density at radius 1 is 1.43 bits per heavy atom. The Hall–Kier alpha value is -0.900. The van der Waals surface area contributed by atoms with Gasteiger partial charge >= 0.3 is 0 Å². The van der Waals surface area contributed by atoms with Crippen LogP contribution in [0, 0.1) is 0 Å². The molecular formula is C10H16N2O2. The lowest BCUT2D eigenvalue weighted by molar-refractivity contribution is -0.137. The monoisotopic (exact) mass is 196 g/mol. The highest BCUT2D eigenvalue weighted by atomic mass is 16.2. The topological polar surface area (TPSA) is 40.6 Å². The lowest BCUT2D eigenvalue weighted by Gasteiger charge is -2.33. The van der Waals surface area contributed by atoms with Gasteiger partial charge in [-0.05, 0) is 19.8 Å². The third-order valence-electron chi connectivity index (χ3n) is 2.77. The highest BCUT2D eigenvalue weighted by Crippen LogP contribution is 2.27. The van der Waals surface area contributed by atoms with E-state index in [1.165, 1.54) is 12.8 Å². The van der Waals surface area contributed by atoms with Gasteiger partial charge in [0, 0.05) is 19.1 Å². The van der Waals surface area contributed by atoms with E-state index in [-0.39, 0.29) is 11.7 Å². The summed E-state index contributed by atoms with van der Waals surface area (Å²) in [5.74, 6) is 0.331. The number of ketones is 1. The Labute approximate surface area is 83.9 Å². The number of carbonyl (C=O) groups excluding carboxylic acids is 2. The van der Waals surface area contributed by atoms with Crippen LogP contribution in [0.1, 0.15) is 19.8 Å². The van der Waals surface area contributed by atoms with E-state index in [1.54, 1.807) is 6.92 Å². The van der Waals surface area contributed by atoms with Gasteiger partial charge < -0.3 is 4.90 Å². The molecule has 0 aromatic rings. The van der Waals surface area contributed by atoms with Gasteiger partial charge in [0.1, 0.15) is 5.78 Å². The van der Waals surface area contributed by atoms with Crippen molar-refractivity contribution in [1.82, 2.24) is 9.80 Å². The van der Waals surface area contributed by atoms with Crippen molar-refractivity contribution < 1.29 is 9.59 Å². The number of piperazine rings is 1. The summed E-state index contributed by atoms with van der Waals surface area (Å²) in [6, 6.07) is 0.516. The van der Waals surface area contributed by atoms with Crippen LogP contribution in [0.15, 0.2) is 0 Å². The second kappa shape index (κ2) is 3.69. The number of rotatable bonds is 3. The molecule has 1 aliphatic heterocycles. The summed E-state index contributed by atoms with van der Waals surface area (Å²) in [6.45, 7) is 4.07. The quantitative estimate of drug-likeness (QED) is 0.632. The van der Waals surface area contributed by atoms with Crippen LogP contribution in [-0.4, -0.2) is 53.7 Å². The fraction of sp³-hybridized carbons (Fsp3) is 0.800. The molecule has 0 bridgehead atoms. The normalized spacial score (nSPS) is 24.1. The highest BCUT2D eigenvalue weighted by molar-refractivity contribution is 5.82. The van der Waals surface area contributed by atoms with E-state index in [4.69, 9.17) is 0 Å². The Morgan fingerprint density at radius 3 is 2.64 bits per heavy atom. The minimum absolute atomic E-state index is 0.137. The molecule has 0 aromatic carbocycles. The van der Waals surface area contributed by atoms with Crippen molar-refractivity contribution in [2.24, 2.45) is 0 Å². The van der Waals surface area contributed by atoms with Crippen LogP contribution in [0.25, 0.3) is 0 Å². The number of amides is 1. The second-order valence-corrected chi connectivity index (χ2v) is 4.23. The van der Waals surface area contributed by atoms with Crippen molar-refractivity contribution in [3.8, 4) is 0 Å². The molecule has 4 nitrogen and oxygen atoms in total. The predicted octanol–water partition coefficient (Wildman–Crippen LogP) is -0.118. The van der Waals surface area contributed by atoms with E-state index in [0.29, 0.717) is 19.1 Å². The summed E-state index contributed by atoms with van der Waals surface area (Å²) in [7, 11) is 0. The van der Waals surface area contributed by atoms with Gasteiger partial charge in [-0.3, -0.25) is 14.5 Å². The van der Waals surface area contributed by atoms with E-state index in [2.05, 4.69) is 0 Å². The maximum absolute atomic E-state index is 11.6. The Bertz CT molecular complexity index is 261. The van der Waals surface area contributed by atoms with Gasteiger partial charge in [0.2, 0.25) is 5.91 Å². The molecule has 1 aliphatic carbocycles. The largest absolute Gasteiger partial charge is 0.337 e. The van der Waals surface area contributed by atoms with Gasteiger partial charge in [0.25, 0.3) is 0 Å². The van der Waals surface area contributed by atoms with E-state index >= 15 is 0 Å². The first-order chi connectivity index (χ1) is 6.66. The average molecular weight is 196 g/mol. The van der Waals surface area contributed by atoms with Crippen molar-refractivity contribution in [3.63, 3.8) is 0 Å². The van der Waals surface area contributed by atoms with Gasteiger partial charge in [0.05, 0.1) is 13.1 Å². The SMILES string of the molecule is CC(=O)CN1CCN(C2CC2)C(=O)C1. The number of Topliss-reactive ketones (excluding diaryl/α,β-unsaturated/α-hetero) is 1. The summed E-state index contributed by atoms with van der Waals surface area (Å²) in [5.41, 5.74) is 0. The smallest absolute Gasteiger partial charge is 0.237 e. The molecule has 0 aromatic heterocycles. The highest BCUT2D eigenvalue weighted by Gasteiger charge is 2.35. The number of nitrogens with zero attached hydrogens (tertiary/aromatic N) is 2. The molecule has 1 saturated heterocycles. The van der Waals surface area contributed by atoms with Gasteiger partial charge in [-0.15, -0.1) is 0 Å². The second-order valence-electron chi connectivity index (χ2n) is 4.23. The maximum atomic E-state index is 11.6. The predicted molar refractivity (Wildman–Crippen MR) is 51.9 cm³/mol. The van der Waals surface area contributed by atoms with Crippen LogP contribution in [0.3, 0.4) is 0 Å². The van der Waals surface area contributed by atoms with Crippen molar-refractivity contribution >= 4 is 11.7 Å². The van der Waals surface area contributed by atoms with Gasteiger partial charge in [0.15, 0.2) is 0 Å². The Morgan fingerprint density at radius 2 is 2.14 bits per heavy atom. The zero-order chi connectivity index (χ0) is 10.1. The summed E-state index contributed by atoms with van der Waals surface area (Å²) in [6.07, 6.45) is 2.33. The van der Waals surface area contributed by atoms with Crippen LogP contribution >= 0.6 is 0 Å². The zero-order valence-electron chi connectivity index (χ0n) is 8.53. The molecule has 78 valence electrons. The van der Waals surface area contributed by atoms with Crippen LogP contribution in [-0.2, 0) is 9.59 Å². The average Bonchev–Trinajstić information content (AvgIpc) is 2.86. The minimum Gasteiger partial charge on any atom is -0.337 e. The molecule has 1 saturated carbocycles. The van der Waals surface area contributed by atoms with E-state index in [9.17, 15) is 9.59 Å². The van der Waals surface area contributed by atoms with Crippen LogP contribution in [0.5, 0.6) is 0 Å². The zero-order valence-corrected chi connectivity index (χ0v) is 8.53. The number of hydrogen-bond donors (Lipinski definition) is 0. The maximum Gasteiger partial charge on any atom is 0.237 e. The third kappa shape index (κ3) is 2.12. The lowest BCUT2D eigenvalue weighted by Crippen LogP contribution is -2.52. The van der Waals surface area contributed by atoms with Gasteiger partial charge in [-0.2, -0.15) is 0 Å². The molecular weight excluding hydrogens is 180 g/mol. The molecule has 0 spiro atoms. The third-order valence-corrected chi connectivity index (χ3v) is 2.77. The molecule has 4 heteroatoms. The minimum atomic E-state index is 0.137. The van der Waals surface area contributed by atoms with Crippen LogP contribution < -0.4 is 0 Å². The molecule has 2 aliphatic rings. The van der Waals surface area contributed by atoms with Gasteiger partial charge in [-0.1, -0.05) is 0 Å². The Kier molecular flexibility index (Phi) is 2.54. The molecule has 1 heterocycles. The van der Waals surface area contributed by atoms with Crippen LogP contribution in [0.2, 0.25) is 0 Å². The lowest BCUT2D eigenvalue weighted by atomic mass is 10.2.